The van der Waals surface area contributed by atoms with Gasteiger partial charge < -0.3 is 34.5 Å². The summed E-state index contributed by atoms with van der Waals surface area (Å²) in [5.74, 6) is 1.06. The van der Waals surface area contributed by atoms with Crippen molar-refractivity contribution in [2.45, 2.75) is 45.3 Å². The highest BCUT2D eigenvalue weighted by Gasteiger charge is 2.54. The lowest BCUT2D eigenvalue weighted by Gasteiger charge is -2.58. The van der Waals surface area contributed by atoms with Crippen molar-refractivity contribution < 1.29 is 28.1 Å². The number of hydrogen-bond donors (Lipinski definition) is 2. The van der Waals surface area contributed by atoms with Crippen molar-refractivity contribution in [2.75, 3.05) is 37.9 Å². The number of anilines is 3. The third-order valence-corrected chi connectivity index (χ3v) is 8.42. The van der Waals surface area contributed by atoms with Gasteiger partial charge >= 0.3 is 12.1 Å². The smallest absolute Gasteiger partial charge is 0.410 e. The minimum atomic E-state index is -0.542. The second kappa shape index (κ2) is 12.4. The van der Waals surface area contributed by atoms with Crippen molar-refractivity contribution in [2.24, 2.45) is 5.41 Å². The molecule has 49 heavy (non-hydrogen) atoms. The number of nitrogens with zero attached hydrogens (tertiary/aromatic N) is 7. The number of amides is 1. The molecule has 2 aromatic carbocycles. The van der Waals surface area contributed by atoms with Gasteiger partial charge in [-0.05, 0) is 51.8 Å². The van der Waals surface area contributed by atoms with Crippen LogP contribution in [0, 0.1) is 11.2 Å². The van der Waals surface area contributed by atoms with Gasteiger partial charge in [0.2, 0.25) is 5.88 Å². The van der Waals surface area contributed by atoms with E-state index >= 15 is 4.39 Å². The van der Waals surface area contributed by atoms with E-state index in [0.29, 0.717) is 41.2 Å². The van der Waals surface area contributed by atoms with Gasteiger partial charge in [-0.15, -0.1) is 5.10 Å². The second-order valence-electron chi connectivity index (χ2n) is 13.3. The van der Waals surface area contributed by atoms with E-state index in [4.69, 9.17) is 18.9 Å². The van der Waals surface area contributed by atoms with Crippen molar-refractivity contribution in [3.63, 3.8) is 0 Å². The quantitative estimate of drug-likeness (QED) is 0.186. The first kappa shape index (κ1) is 31.8. The number of rotatable bonds is 9. The average molecular weight is 670 g/mol. The SMILES string of the molecule is COc1ncc(-n2ccc(Oc3ccc(Nc4ncnc5cc(OC)c(NC6CC7(C6)CN(C(=O)OC(C)(C)C)C7)cc45)c(F)c3)n2)cn1. The third-order valence-electron chi connectivity index (χ3n) is 8.42. The monoisotopic (exact) mass is 669 g/mol. The molecule has 1 aliphatic heterocycles. The van der Waals surface area contributed by atoms with Crippen LogP contribution in [-0.4, -0.2) is 79.7 Å². The molecule has 254 valence electrons. The number of likely N-dealkylation sites (tertiary alicyclic amines) is 1. The number of benzene rings is 2. The highest BCUT2D eigenvalue weighted by atomic mass is 19.1. The number of aromatic nitrogens is 6. The zero-order valence-corrected chi connectivity index (χ0v) is 27.7. The lowest BCUT2D eigenvalue weighted by Crippen LogP contribution is -2.66. The summed E-state index contributed by atoms with van der Waals surface area (Å²) in [4.78, 5) is 31.1. The molecule has 14 nitrogen and oxygen atoms in total. The minimum Gasteiger partial charge on any atom is -0.495 e. The van der Waals surface area contributed by atoms with E-state index in [1.54, 1.807) is 48.8 Å². The highest BCUT2D eigenvalue weighted by molar-refractivity contribution is 5.95. The van der Waals surface area contributed by atoms with Crippen molar-refractivity contribution in [1.82, 2.24) is 34.6 Å². The van der Waals surface area contributed by atoms with Crippen LogP contribution in [-0.2, 0) is 4.74 Å². The van der Waals surface area contributed by atoms with E-state index in [1.165, 1.54) is 24.2 Å². The highest BCUT2D eigenvalue weighted by Crippen LogP contribution is 2.50. The van der Waals surface area contributed by atoms with E-state index in [0.717, 1.165) is 18.5 Å². The number of hydrogen-bond acceptors (Lipinski definition) is 12. The lowest BCUT2D eigenvalue weighted by molar-refractivity contribution is -0.0738. The first-order chi connectivity index (χ1) is 23.5. The van der Waals surface area contributed by atoms with Gasteiger partial charge in [-0.25, -0.2) is 33.8 Å². The van der Waals surface area contributed by atoms with Crippen molar-refractivity contribution in [3.8, 4) is 29.1 Å². The van der Waals surface area contributed by atoms with Crippen LogP contribution in [0.25, 0.3) is 16.6 Å². The van der Waals surface area contributed by atoms with Crippen LogP contribution in [0.5, 0.6) is 23.4 Å². The number of carbonyl (C=O) groups excluding carboxylic acids is 1. The molecule has 0 radical (unpaired) electrons. The summed E-state index contributed by atoms with van der Waals surface area (Å²) in [7, 11) is 3.09. The molecule has 0 bridgehead atoms. The number of methoxy groups -OCH3 is 2. The Bertz CT molecular complexity index is 2000. The van der Waals surface area contributed by atoms with Crippen LogP contribution < -0.4 is 24.8 Å². The molecule has 1 spiro atoms. The molecule has 1 aliphatic carbocycles. The Hall–Kier alpha value is -5.73. The second-order valence-corrected chi connectivity index (χ2v) is 13.3. The van der Waals surface area contributed by atoms with Crippen molar-refractivity contribution >= 4 is 34.2 Å². The topological polar surface area (TPSA) is 151 Å². The Morgan fingerprint density at radius 2 is 1.76 bits per heavy atom. The van der Waals surface area contributed by atoms with E-state index < -0.39 is 11.4 Å². The number of halogens is 1. The predicted octanol–water partition coefficient (Wildman–Crippen LogP) is 6.11. The molecule has 1 saturated carbocycles. The molecular weight excluding hydrogens is 633 g/mol. The summed E-state index contributed by atoms with van der Waals surface area (Å²) in [5.41, 5.74) is 1.82. The molecule has 0 atom stereocenters. The van der Waals surface area contributed by atoms with Gasteiger partial charge in [0.05, 0.1) is 43.5 Å². The van der Waals surface area contributed by atoms with Gasteiger partial charge in [0, 0.05) is 54.3 Å². The number of nitrogens with one attached hydrogen (secondary N) is 2. The molecule has 5 aromatic rings. The Labute approximate surface area is 281 Å². The fraction of sp³-hybridized carbons (Fsp3) is 0.353. The average Bonchev–Trinajstić information content (AvgIpc) is 3.50. The first-order valence-electron chi connectivity index (χ1n) is 15.7. The van der Waals surface area contributed by atoms with E-state index in [9.17, 15) is 4.79 Å². The number of ether oxygens (including phenoxy) is 4. The Kier molecular flexibility index (Phi) is 8.04. The standard InChI is InChI=1S/C34H36FN9O5/c1-33(2,3)49-32(45)43-17-34(18-43)13-20(14-34)40-27-11-23-26(12-28(27)46-4)38-19-39-30(23)41-25-7-6-22(10-24(25)35)48-29-8-9-44(42-29)21-15-36-31(47-5)37-16-21/h6-12,15-16,19-20,40H,13-14,17-18H2,1-5H3,(H,38,39,41). The summed E-state index contributed by atoms with van der Waals surface area (Å²) in [6.45, 7) is 6.99. The zero-order chi connectivity index (χ0) is 34.3. The van der Waals surface area contributed by atoms with Crippen LogP contribution in [0.2, 0.25) is 0 Å². The Balaban J connectivity index is 1.02. The van der Waals surface area contributed by atoms with Crippen LogP contribution in [0.15, 0.2) is 61.3 Å². The molecule has 3 aromatic heterocycles. The van der Waals surface area contributed by atoms with Crippen LogP contribution in [0.1, 0.15) is 33.6 Å². The van der Waals surface area contributed by atoms with Crippen LogP contribution in [0.3, 0.4) is 0 Å². The molecule has 4 heterocycles. The molecule has 7 rings (SSSR count). The van der Waals surface area contributed by atoms with Gasteiger partial charge in [-0.3, -0.25) is 0 Å². The molecule has 2 fully saturated rings. The molecular formula is C34H36FN9O5. The van der Waals surface area contributed by atoms with E-state index in [1.807, 2.05) is 32.9 Å². The van der Waals surface area contributed by atoms with Gasteiger partial charge in [0.1, 0.15) is 40.7 Å². The number of carbonyl (C=O) groups is 1. The Morgan fingerprint density at radius 3 is 2.45 bits per heavy atom. The van der Waals surface area contributed by atoms with Gasteiger partial charge in [-0.1, -0.05) is 0 Å². The maximum Gasteiger partial charge on any atom is 0.410 e. The molecule has 0 unspecified atom stereocenters. The summed E-state index contributed by atoms with van der Waals surface area (Å²) in [6, 6.07) is 10.3. The van der Waals surface area contributed by atoms with E-state index in [-0.39, 0.29) is 40.9 Å². The first-order valence-corrected chi connectivity index (χ1v) is 15.7. The lowest BCUT2D eigenvalue weighted by atomic mass is 9.60. The summed E-state index contributed by atoms with van der Waals surface area (Å²) < 4.78 is 38.9. The minimum absolute atomic E-state index is 0.105. The largest absolute Gasteiger partial charge is 0.495 e. The Morgan fingerprint density at radius 1 is 0.980 bits per heavy atom. The normalized spacial score (nSPS) is 15.3. The van der Waals surface area contributed by atoms with E-state index in [2.05, 4.69) is 35.7 Å². The molecule has 1 amide bonds. The van der Waals surface area contributed by atoms with Crippen molar-refractivity contribution in [1.29, 1.82) is 0 Å². The van der Waals surface area contributed by atoms with Crippen molar-refractivity contribution in [3.05, 3.63) is 67.1 Å². The van der Waals surface area contributed by atoms with Gasteiger partial charge in [-0.2, -0.15) is 0 Å². The van der Waals surface area contributed by atoms with Gasteiger partial charge in [0.15, 0.2) is 0 Å². The maximum atomic E-state index is 15.4. The fourth-order valence-electron chi connectivity index (χ4n) is 6.20. The zero-order valence-electron chi connectivity index (χ0n) is 27.7. The maximum absolute atomic E-state index is 15.4. The number of fused-ring (bicyclic) bond motifs is 1. The molecule has 1 saturated heterocycles. The van der Waals surface area contributed by atoms with Crippen LogP contribution in [0.4, 0.5) is 26.4 Å². The summed E-state index contributed by atoms with van der Waals surface area (Å²) in [6.07, 6.45) is 7.79. The molecule has 2 N–H and O–H groups in total. The third kappa shape index (κ3) is 6.68. The molecule has 15 heteroatoms. The van der Waals surface area contributed by atoms with Gasteiger partial charge in [0.25, 0.3) is 0 Å². The molecule has 2 aliphatic rings. The summed E-state index contributed by atoms with van der Waals surface area (Å²) in [5, 5.41) is 11.7. The summed E-state index contributed by atoms with van der Waals surface area (Å²) >= 11 is 0. The predicted molar refractivity (Wildman–Crippen MR) is 178 cm³/mol. The van der Waals surface area contributed by atoms with Crippen LogP contribution >= 0.6 is 0 Å². The fourth-order valence-corrected chi connectivity index (χ4v) is 6.20.